The molecule has 0 heterocycles. The van der Waals surface area contributed by atoms with Gasteiger partial charge in [0.15, 0.2) is 0 Å². The van der Waals surface area contributed by atoms with E-state index in [0.717, 1.165) is 22.0 Å². The first-order chi connectivity index (χ1) is 18.5. The van der Waals surface area contributed by atoms with Gasteiger partial charge in [-0.15, -0.1) is 0 Å². The molecule has 39 heavy (non-hydrogen) atoms. The first-order valence-corrected chi connectivity index (χ1v) is 14.5. The Morgan fingerprint density at radius 1 is 0.949 bits per heavy atom. The van der Waals surface area contributed by atoms with Crippen molar-refractivity contribution in [1.29, 1.82) is 0 Å². The maximum atomic E-state index is 13.9. The van der Waals surface area contributed by atoms with Crippen molar-refractivity contribution in [3.05, 3.63) is 95.3 Å². The predicted molar refractivity (Wildman–Crippen MR) is 152 cm³/mol. The lowest BCUT2D eigenvalue weighted by Crippen LogP contribution is -2.52. The van der Waals surface area contributed by atoms with E-state index in [1.807, 2.05) is 44.2 Å². The molecule has 0 fully saturated rings. The topological polar surface area (TPSA) is 86.8 Å². The third-order valence-corrected chi connectivity index (χ3v) is 8.22. The number of amides is 2. The third kappa shape index (κ3) is 8.03. The molecule has 0 saturated heterocycles. The number of halogens is 2. The Balaban J connectivity index is 1.97. The lowest BCUT2D eigenvalue weighted by Gasteiger charge is -2.32. The molecule has 7 nitrogen and oxygen atoms in total. The highest BCUT2D eigenvalue weighted by molar-refractivity contribution is 7.92. The fraction of sp³-hybridized carbons (Fsp3) is 0.310. The van der Waals surface area contributed by atoms with Crippen molar-refractivity contribution < 1.29 is 22.4 Å². The molecule has 3 rings (SSSR count). The zero-order valence-corrected chi connectivity index (χ0v) is 23.8. The number of hydrogen-bond donors (Lipinski definition) is 1. The minimum atomic E-state index is -4.24. The highest BCUT2D eigenvalue weighted by Gasteiger charge is 2.32. The van der Waals surface area contributed by atoms with Crippen LogP contribution in [0.3, 0.4) is 0 Å². The Morgan fingerprint density at radius 2 is 1.56 bits per heavy atom. The van der Waals surface area contributed by atoms with Crippen molar-refractivity contribution in [2.45, 2.75) is 38.1 Å². The molecule has 0 bridgehead atoms. The lowest BCUT2D eigenvalue weighted by molar-refractivity contribution is -0.138. The van der Waals surface area contributed by atoms with Crippen LogP contribution in [0.2, 0.25) is 5.02 Å². The van der Waals surface area contributed by atoms with Gasteiger partial charge in [0, 0.05) is 13.1 Å². The molecule has 2 amide bonds. The van der Waals surface area contributed by atoms with Crippen LogP contribution in [0.25, 0.3) is 0 Å². The van der Waals surface area contributed by atoms with Crippen LogP contribution >= 0.6 is 11.6 Å². The zero-order chi connectivity index (χ0) is 28.6. The van der Waals surface area contributed by atoms with Crippen LogP contribution in [0.1, 0.15) is 26.3 Å². The summed E-state index contributed by atoms with van der Waals surface area (Å²) in [6, 6.07) is 19.7. The monoisotopic (exact) mass is 573 g/mol. The molecular formula is C29H33ClFN3O4S. The minimum Gasteiger partial charge on any atom is -0.354 e. The van der Waals surface area contributed by atoms with Crippen LogP contribution in [-0.4, -0.2) is 50.8 Å². The second-order valence-electron chi connectivity index (χ2n) is 9.56. The first-order valence-electron chi connectivity index (χ1n) is 12.6. The minimum absolute atomic E-state index is 0.0264. The summed E-state index contributed by atoms with van der Waals surface area (Å²) in [6.45, 7) is 5.54. The van der Waals surface area contributed by atoms with Gasteiger partial charge in [0.2, 0.25) is 11.8 Å². The number of rotatable bonds is 12. The number of nitrogens with one attached hydrogen (secondary N) is 1. The quantitative estimate of drug-likeness (QED) is 0.334. The molecule has 208 valence electrons. The van der Waals surface area contributed by atoms with E-state index in [2.05, 4.69) is 5.32 Å². The van der Waals surface area contributed by atoms with Crippen molar-refractivity contribution in [3.63, 3.8) is 0 Å². The summed E-state index contributed by atoms with van der Waals surface area (Å²) in [5.74, 6) is -1.43. The number of hydrogen-bond acceptors (Lipinski definition) is 4. The Hall–Kier alpha value is -3.43. The smallest absolute Gasteiger partial charge is 0.264 e. The highest BCUT2D eigenvalue weighted by Crippen LogP contribution is 2.28. The Kier molecular flexibility index (Phi) is 10.5. The van der Waals surface area contributed by atoms with E-state index in [1.54, 1.807) is 25.1 Å². The van der Waals surface area contributed by atoms with Crippen LogP contribution in [0.15, 0.2) is 83.8 Å². The second-order valence-corrected chi connectivity index (χ2v) is 11.8. The molecule has 1 atom stereocenters. The Labute approximate surface area is 234 Å². The van der Waals surface area contributed by atoms with Crippen LogP contribution < -0.4 is 9.62 Å². The normalized spacial score (nSPS) is 12.2. The summed E-state index contributed by atoms with van der Waals surface area (Å²) in [6.07, 6.45) is 0.461. The SMILES string of the molecule is CC(C)CNC(=O)[C@@H](C)N(CCc1ccccc1)C(=O)CN(c1ccc(F)c(Cl)c1)S(=O)(=O)c1ccccc1. The van der Waals surface area contributed by atoms with Gasteiger partial charge in [-0.05, 0) is 55.2 Å². The van der Waals surface area contributed by atoms with E-state index < -0.39 is 34.3 Å². The van der Waals surface area contributed by atoms with E-state index in [1.165, 1.54) is 23.1 Å². The molecule has 10 heteroatoms. The van der Waals surface area contributed by atoms with Crippen LogP contribution in [-0.2, 0) is 26.0 Å². The highest BCUT2D eigenvalue weighted by atomic mass is 35.5. The van der Waals surface area contributed by atoms with Gasteiger partial charge in [0.1, 0.15) is 18.4 Å². The molecule has 3 aromatic carbocycles. The predicted octanol–water partition coefficient (Wildman–Crippen LogP) is 4.91. The van der Waals surface area contributed by atoms with Crippen molar-refractivity contribution in [3.8, 4) is 0 Å². The summed E-state index contributed by atoms with van der Waals surface area (Å²) in [4.78, 5) is 28.1. The van der Waals surface area contributed by atoms with E-state index in [-0.39, 0.29) is 34.0 Å². The fourth-order valence-corrected chi connectivity index (χ4v) is 5.51. The molecule has 0 aromatic heterocycles. The summed E-state index contributed by atoms with van der Waals surface area (Å²) in [7, 11) is -4.24. The number of carbonyl (C=O) groups is 2. The summed E-state index contributed by atoms with van der Waals surface area (Å²) < 4.78 is 42.2. The van der Waals surface area contributed by atoms with Gasteiger partial charge < -0.3 is 10.2 Å². The van der Waals surface area contributed by atoms with Crippen molar-refractivity contribution in [2.75, 3.05) is 23.9 Å². The van der Waals surface area contributed by atoms with E-state index in [0.29, 0.717) is 13.0 Å². The molecule has 0 radical (unpaired) electrons. The van der Waals surface area contributed by atoms with E-state index in [4.69, 9.17) is 11.6 Å². The standard InChI is InChI=1S/C29H33ClFN3O4S/c1-21(2)19-32-29(36)22(3)33(17-16-23-10-6-4-7-11-23)28(35)20-34(24-14-15-27(31)26(30)18-24)39(37,38)25-12-8-5-9-13-25/h4-15,18,21-22H,16-17,19-20H2,1-3H3,(H,32,36)/t22-/m1/s1. The third-order valence-electron chi connectivity index (χ3n) is 6.14. The molecule has 0 aliphatic heterocycles. The molecular weight excluding hydrogens is 541 g/mol. The number of benzene rings is 3. The molecule has 0 aliphatic carbocycles. The van der Waals surface area contributed by atoms with Gasteiger partial charge in [-0.3, -0.25) is 13.9 Å². The van der Waals surface area contributed by atoms with Gasteiger partial charge in [-0.1, -0.05) is 74.0 Å². The average molecular weight is 574 g/mol. The molecule has 3 aromatic rings. The first kappa shape index (κ1) is 30.1. The molecule has 0 saturated carbocycles. The Morgan fingerprint density at radius 3 is 2.15 bits per heavy atom. The van der Waals surface area contributed by atoms with E-state index >= 15 is 0 Å². The fourth-order valence-electron chi connectivity index (χ4n) is 3.91. The van der Waals surface area contributed by atoms with Crippen LogP contribution in [0.5, 0.6) is 0 Å². The van der Waals surface area contributed by atoms with Crippen molar-refractivity contribution in [1.82, 2.24) is 10.2 Å². The van der Waals surface area contributed by atoms with Crippen molar-refractivity contribution in [2.24, 2.45) is 5.92 Å². The molecule has 0 unspecified atom stereocenters. The van der Waals surface area contributed by atoms with Crippen molar-refractivity contribution >= 4 is 39.1 Å². The van der Waals surface area contributed by atoms with Gasteiger partial charge in [-0.2, -0.15) is 0 Å². The second kappa shape index (κ2) is 13.6. The van der Waals surface area contributed by atoms with E-state index in [9.17, 15) is 22.4 Å². The molecule has 1 N–H and O–H groups in total. The molecule has 0 spiro atoms. The lowest BCUT2D eigenvalue weighted by atomic mass is 10.1. The van der Waals surface area contributed by atoms with Gasteiger partial charge in [-0.25, -0.2) is 12.8 Å². The van der Waals surface area contributed by atoms with Crippen LogP contribution in [0.4, 0.5) is 10.1 Å². The average Bonchev–Trinajstić information content (AvgIpc) is 2.92. The summed E-state index contributed by atoms with van der Waals surface area (Å²) in [5, 5.41) is 2.56. The summed E-state index contributed by atoms with van der Waals surface area (Å²) in [5.41, 5.74) is 0.989. The van der Waals surface area contributed by atoms with Gasteiger partial charge in [0.25, 0.3) is 10.0 Å². The Bertz CT molecular complexity index is 1370. The number of sulfonamides is 1. The van der Waals surface area contributed by atoms with Gasteiger partial charge >= 0.3 is 0 Å². The number of nitrogens with zero attached hydrogens (tertiary/aromatic N) is 2. The van der Waals surface area contributed by atoms with Crippen LogP contribution in [0, 0.1) is 11.7 Å². The van der Waals surface area contributed by atoms with Gasteiger partial charge in [0.05, 0.1) is 15.6 Å². The number of carbonyl (C=O) groups excluding carboxylic acids is 2. The maximum absolute atomic E-state index is 13.9. The number of anilines is 1. The maximum Gasteiger partial charge on any atom is 0.264 e. The summed E-state index contributed by atoms with van der Waals surface area (Å²) >= 11 is 5.98. The largest absolute Gasteiger partial charge is 0.354 e. The zero-order valence-electron chi connectivity index (χ0n) is 22.2. The molecule has 0 aliphatic rings.